The molecule has 0 aliphatic carbocycles. The number of para-hydroxylation sites is 1. The van der Waals surface area contributed by atoms with Crippen molar-refractivity contribution < 1.29 is 9.53 Å². The number of hydrogen-bond donors (Lipinski definition) is 1. The van der Waals surface area contributed by atoms with Crippen molar-refractivity contribution in [3.8, 4) is 5.75 Å². The van der Waals surface area contributed by atoms with Crippen LogP contribution in [0.5, 0.6) is 5.75 Å². The van der Waals surface area contributed by atoms with Gasteiger partial charge < -0.3 is 10.1 Å². The van der Waals surface area contributed by atoms with E-state index in [2.05, 4.69) is 5.32 Å². The fourth-order valence-electron chi connectivity index (χ4n) is 2.18. The third-order valence-electron chi connectivity index (χ3n) is 3.27. The second-order valence-electron chi connectivity index (χ2n) is 4.98. The topological polar surface area (TPSA) is 41.6 Å². The molecule has 2 amide bonds. The fraction of sp³-hybridized carbons (Fsp3) is 0.278. The molecule has 0 aromatic heterocycles. The molecule has 1 N–H and O–H groups in total. The molecular weight excluding hydrogens is 276 g/mol. The fourth-order valence-corrected chi connectivity index (χ4v) is 2.18. The SMILES string of the molecule is CCN(C(=O)NCCOc1cccc(C)c1)c1ccccc1. The minimum Gasteiger partial charge on any atom is -0.492 e. The van der Waals surface area contributed by atoms with Crippen LogP contribution in [0.25, 0.3) is 0 Å². The maximum atomic E-state index is 12.2. The Morgan fingerprint density at radius 3 is 2.59 bits per heavy atom. The summed E-state index contributed by atoms with van der Waals surface area (Å²) in [4.78, 5) is 13.9. The molecule has 0 heterocycles. The van der Waals surface area contributed by atoms with Crippen LogP contribution < -0.4 is 15.0 Å². The monoisotopic (exact) mass is 298 g/mol. The lowest BCUT2D eigenvalue weighted by Crippen LogP contribution is -2.41. The van der Waals surface area contributed by atoms with Crippen LogP contribution in [0.3, 0.4) is 0 Å². The number of amides is 2. The van der Waals surface area contributed by atoms with Gasteiger partial charge in [0.1, 0.15) is 12.4 Å². The summed E-state index contributed by atoms with van der Waals surface area (Å²) in [5, 5.41) is 2.88. The Morgan fingerprint density at radius 2 is 1.91 bits per heavy atom. The summed E-state index contributed by atoms with van der Waals surface area (Å²) in [6, 6.07) is 17.4. The number of nitrogens with zero attached hydrogens (tertiary/aromatic N) is 1. The van der Waals surface area contributed by atoms with E-state index in [1.54, 1.807) is 4.90 Å². The molecule has 2 aromatic rings. The Bertz CT molecular complexity index is 599. The van der Waals surface area contributed by atoms with Gasteiger partial charge in [-0.2, -0.15) is 0 Å². The van der Waals surface area contributed by atoms with Crippen molar-refractivity contribution in [2.75, 3.05) is 24.6 Å². The van der Waals surface area contributed by atoms with Crippen LogP contribution in [0.4, 0.5) is 10.5 Å². The number of aryl methyl sites for hydroxylation is 1. The highest BCUT2D eigenvalue weighted by atomic mass is 16.5. The molecule has 0 spiro atoms. The highest BCUT2D eigenvalue weighted by molar-refractivity contribution is 5.91. The third-order valence-corrected chi connectivity index (χ3v) is 3.27. The molecule has 22 heavy (non-hydrogen) atoms. The molecule has 0 bridgehead atoms. The average Bonchev–Trinajstić information content (AvgIpc) is 2.53. The van der Waals surface area contributed by atoms with Gasteiger partial charge in [0.25, 0.3) is 0 Å². The zero-order chi connectivity index (χ0) is 15.8. The van der Waals surface area contributed by atoms with E-state index in [4.69, 9.17) is 4.74 Å². The van der Waals surface area contributed by atoms with E-state index in [-0.39, 0.29) is 6.03 Å². The standard InChI is InChI=1S/C18H22N2O2/c1-3-20(16-9-5-4-6-10-16)18(21)19-12-13-22-17-11-7-8-15(2)14-17/h4-11,14H,3,12-13H2,1-2H3,(H,19,21). The lowest BCUT2D eigenvalue weighted by Gasteiger charge is -2.21. The van der Waals surface area contributed by atoms with Gasteiger partial charge in [-0.1, -0.05) is 30.3 Å². The van der Waals surface area contributed by atoms with Crippen LogP contribution >= 0.6 is 0 Å². The predicted octanol–water partition coefficient (Wildman–Crippen LogP) is 3.61. The van der Waals surface area contributed by atoms with Gasteiger partial charge in [-0.3, -0.25) is 4.90 Å². The maximum absolute atomic E-state index is 12.2. The first-order valence-electron chi connectivity index (χ1n) is 7.50. The van der Waals surface area contributed by atoms with Gasteiger partial charge in [-0.25, -0.2) is 4.79 Å². The summed E-state index contributed by atoms with van der Waals surface area (Å²) in [6.45, 7) is 5.51. The van der Waals surface area contributed by atoms with Gasteiger partial charge in [0, 0.05) is 12.2 Å². The number of hydrogen-bond acceptors (Lipinski definition) is 2. The Labute approximate surface area is 131 Å². The number of rotatable bonds is 6. The van der Waals surface area contributed by atoms with E-state index in [0.29, 0.717) is 19.7 Å². The second-order valence-corrected chi connectivity index (χ2v) is 4.98. The second kappa shape index (κ2) is 8.08. The Morgan fingerprint density at radius 1 is 1.14 bits per heavy atom. The van der Waals surface area contributed by atoms with Crippen LogP contribution in [0.1, 0.15) is 12.5 Å². The van der Waals surface area contributed by atoms with E-state index in [1.165, 1.54) is 0 Å². The quantitative estimate of drug-likeness (QED) is 0.828. The minimum atomic E-state index is -0.110. The normalized spacial score (nSPS) is 10.1. The van der Waals surface area contributed by atoms with Crippen molar-refractivity contribution in [1.29, 1.82) is 0 Å². The molecule has 2 aromatic carbocycles. The van der Waals surface area contributed by atoms with Gasteiger partial charge in [-0.05, 0) is 43.7 Å². The Hall–Kier alpha value is -2.49. The summed E-state index contributed by atoms with van der Waals surface area (Å²) in [5.74, 6) is 0.824. The van der Waals surface area contributed by atoms with E-state index in [1.807, 2.05) is 68.4 Å². The number of urea groups is 1. The molecule has 0 saturated carbocycles. The Balaban J connectivity index is 1.79. The van der Waals surface area contributed by atoms with Gasteiger partial charge in [-0.15, -0.1) is 0 Å². The van der Waals surface area contributed by atoms with E-state index >= 15 is 0 Å². The summed E-state index contributed by atoms with van der Waals surface area (Å²) in [6.07, 6.45) is 0. The van der Waals surface area contributed by atoms with Gasteiger partial charge in [0.15, 0.2) is 0 Å². The number of ether oxygens (including phenoxy) is 1. The van der Waals surface area contributed by atoms with Crippen molar-refractivity contribution in [3.63, 3.8) is 0 Å². The molecule has 0 saturated heterocycles. The molecule has 0 radical (unpaired) electrons. The van der Waals surface area contributed by atoms with Crippen molar-refractivity contribution >= 4 is 11.7 Å². The number of carbonyl (C=O) groups excluding carboxylic acids is 1. The number of anilines is 1. The van der Waals surface area contributed by atoms with Crippen molar-refractivity contribution in [2.24, 2.45) is 0 Å². The smallest absolute Gasteiger partial charge is 0.321 e. The van der Waals surface area contributed by atoms with E-state index in [9.17, 15) is 4.79 Å². The average molecular weight is 298 g/mol. The largest absolute Gasteiger partial charge is 0.492 e. The van der Waals surface area contributed by atoms with Crippen molar-refractivity contribution in [3.05, 3.63) is 60.2 Å². The summed E-state index contributed by atoms with van der Waals surface area (Å²) < 4.78 is 5.62. The number of carbonyl (C=O) groups is 1. The van der Waals surface area contributed by atoms with Crippen LogP contribution in [-0.4, -0.2) is 25.7 Å². The van der Waals surface area contributed by atoms with Crippen LogP contribution in [0.15, 0.2) is 54.6 Å². The van der Waals surface area contributed by atoms with Gasteiger partial charge >= 0.3 is 6.03 Å². The molecule has 116 valence electrons. The molecule has 4 nitrogen and oxygen atoms in total. The molecule has 4 heteroatoms. The van der Waals surface area contributed by atoms with E-state index < -0.39 is 0 Å². The van der Waals surface area contributed by atoms with Gasteiger partial charge in [0.05, 0.1) is 6.54 Å². The first kappa shape index (κ1) is 15.9. The first-order valence-corrected chi connectivity index (χ1v) is 7.50. The molecule has 0 unspecified atom stereocenters. The highest BCUT2D eigenvalue weighted by Crippen LogP contribution is 2.13. The zero-order valence-electron chi connectivity index (χ0n) is 13.1. The lowest BCUT2D eigenvalue weighted by atomic mass is 10.2. The maximum Gasteiger partial charge on any atom is 0.321 e. The van der Waals surface area contributed by atoms with Crippen LogP contribution in [0.2, 0.25) is 0 Å². The predicted molar refractivity (Wildman–Crippen MR) is 89.5 cm³/mol. The lowest BCUT2D eigenvalue weighted by molar-refractivity contribution is 0.242. The third kappa shape index (κ3) is 4.52. The number of benzene rings is 2. The van der Waals surface area contributed by atoms with E-state index in [0.717, 1.165) is 17.0 Å². The summed E-state index contributed by atoms with van der Waals surface area (Å²) >= 11 is 0. The highest BCUT2D eigenvalue weighted by Gasteiger charge is 2.12. The van der Waals surface area contributed by atoms with Crippen molar-refractivity contribution in [1.82, 2.24) is 5.32 Å². The summed E-state index contributed by atoms with van der Waals surface area (Å²) in [7, 11) is 0. The molecular formula is C18H22N2O2. The first-order chi connectivity index (χ1) is 10.7. The van der Waals surface area contributed by atoms with Crippen molar-refractivity contribution in [2.45, 2.75) is 13.8 Å². The molecule has 2 rings (SSSR count). The minimum absolute atomic E-state index is 0.110. The Kier molecular flexibility index (Phi) is 5.83. The molecule has 0 aliphatic heterocycles. The van der Waals surface area contributed by atoms with Crippen LogP contribution in [-0.2, 0) is 0 Å². The zero-order valence-corrected chi connectivity index (χ0v) is 13.1. The summed E-state index contributed by atoms with van der Waals surface area (Å²) in [5.41, 5.74) is 2.05. The number of nitrogens with one attached hydrogen (secondary N) is 1. The molecule has 0 fully saturated rings. The van der Waals surface area contributed by atoms with Crippen LogP contribution in [0, 0.1) is 6.92 Å². The van der Waals surface area contributed by atoms with Gasteiger partial charge in [0.2, 0.25) is 0 Å². The molecule has 0 aliphatic rings. The molecule has 0 atom stereocenters.